The molecular weight excluding hydrogens is 1180 g/mol. The number of anilines is 2. The number of nitriles is 3. The summed E-state index contributed by atoms with van der Waals surface area (Å²) in [6, 6.07) is 36.4. The second-order valence-corrected chi connectivity index (χ2v) is 24.9. The van der Waals surface area contributed by atoms with E-state index in [1.807, 2.05) is 102 Å². The van der Waals surface area contributed by atoms with Crippen molar-refractivity contribution in [1.29, 1.82) is 15.8 Å². The van der Waals surface area contributed by atoms with Crippen LogP contribution in [-0.4, -0.2) is 86.5 Å². The Kier molecular flexibility index (Phi) is 24.2. The summed E-state index contributed by atoms with van der Waals surface area (Å²) in [5, 5.41) is 42.1. The van der Waals surface area contributed by atoms with Crippen molar-refractivity contribution in [2.45, 2.75) is 82.4 Å². The number of hydrogen-bond donors (Lipinski definition) is 4. The lowest BCUT2D eigenvalue weighted by Gasteiger charge is -2.19. The third-order valence-corrected chi connectivity index (χ3v) is 15.2. The second kappa shape index (κ2) is 30.7. The van der Waals surface area contributed by atoms with Crippen LogP contribution in [-0.2, 0) is 52.0 Å². The number of aryl methyl sites for hydroxylation is 2. The van der Waals surface area contributed by atoms with Crippen LogP contribution >= 0.6 is 0 Å². The number of nitrogens with zero attached hydrogens (tertiary/aromatic N) is 10. The van der Waals surface area contributed by atoms with Gasteiger partial charge in [0, 0.05) is 61.7 Å². The summed E-state index contributed by atoms with van der Waals surface area (Å²) >= 11 is 0. The Labute approximate surface area is 517 Å². The van der Waals surface area contributed by atoms with E-state index in [2.05, 4.69) is 26.6 Å². The average Bonchev–Trinajstić information content (AvgIpc) is 2.14. The molecule has 0 aliphatic rings. The number of benzene rings is 6. The molecule has 25 heteroatoms. The van der Waals surface area contributed by atoms with E-state index < -0.39 is 37.7 Å². The molecule has 2 aromatic heterocycles. The Bertz CT molecular complexity index is 4310. The second-order valence-electron chi connectivity index (χ2n) is 21.8. The Hall–Kier alpha value is -9.77. The number of aliphatic imine (C=N–C) groups is 1. The number of carbonyl (C=O) groups is 1. The van der Waals surface area contributed by atoms with Crippen LogP contribution in [0.1, 0.15) is 104 Å². The zero-order valence-electron chi connectivity index (χ0n) is 51.2. The van der Waals surface area contributed by atoms with Crippen molar-refractivity contribution in [3.8, 4) is 51.6 Å². The molecule has 0 saturated carbocycles. The summed E-state index contributed by atoms with van der Waals surface area (Å²) in [4.78, 5) is 31.1. The number of aromatic nitrogens is 4. The Morgan fingerprint density at radius 1 is 0.596 bits per heavy atom. The number of sulfonamides is 2. The maximum Gasteiger partial charge on any atom is 0.333 e. The minimum Gasteiger partial charge on any atom is -0.398 e. The van der Waals surface area contributed by atoms with E-state index in [4.69, 9.17) is 21.4 Å². The Balaban J connectivity index is 0.000000230. The van der Waals surface area contributed by atoms with Crippen LogP contribution < -0.4 is 20.9 Å². The first kappa shape index (κ1) is 70.0. The summed E-state index contributed by atoms with van der Waals surface area (Å²) < 4.78 is 94.6. The monoisotopic (exact) mass is 1250 g/mol. The van der Waals surface area contributed by atoms with Crippen LogP contribution in [0.5, 0.6) is 0 Å². The van der Waals surface area contributed by atoms with Crippen molar-refractivity contribution in [2.75, 3.05) is 39.2 Å². The van der Waals surface area contributed by atoms with Crippen LogP contribution in [0.25, 0.3) is 33.4 Å². The average molecular weight is 1250 g/mol. The molecule has 0 atom stereocenters. The largest absolute Gasteiger partial charge is 0.398 e. The molecule has 20 nitrogen and oxygen atoms in total. The van der Waals surface area contributed by atoms with Gasteiger partial charge in [0.2, 0.25) is 6.08 Å². The summed E-state index contributed by atoms with van der Waals surface area (Å²) in [6.07, 6.45) is 1.53. The molecule has 0 fully saturated rings. The van der Waals surface area contributed by atoms with Gasteiger partial charge in [-0.15, -0.1) is 0 Å². The maximum absolute atomic E-state index is 14.5. The highest BCUT2D eigenvalue weighted by Gasteiger charge is 2.26. The van der Waals surface area contributed by atoms with Gasteiger partial charge in [0.15, 0.2) is 10.1 Å². The maximum atomic E-state index is 14.5. The molecule has 0 aliphatic carbocycles. The molecular formula is C64H69F3N14O6S2. The minimum absolute atomic E-state index is 0.00528. The van der Waals surface area contributed by atoms with E-state index in [-0.39, 0.29) is 39.3 Å². The molecule has 0 unspecified atom stereocenters. The number of carbonyl (C=O) groups excluding carboxylic acids is 2. The zero-order valence-corrected chi connectivity index (χ0v) is 52.9. The van der Waals surface area contributed by atoms with Gasteiger partial charge in [0.05, 0.1) is 57.7 Å². The summed E-state index contributed by atoms with van der Waals surface area (Å²) in [6.45, 7) is 12.5. The highest BCUT2D eigenvalue weighted by atomic mass is 32.2. The normalized spacial score (nSPS) is 11.1. The van der Waals surface area contributed by atoms with Gasteiger partial charge in [-0.1, -0.05) is 77.9 Å². The van der Waals surface area contributed by atoms with E-state index in [0.717, 1.165) is 16.8 Å². The van der Waals surface area contributed by atoms with E-state index in [1.54, 1.807) is 80.8 Å². The lowest BCUT2D eigenvalue weighted by Crippen LogP contribution is -2.35. The van der Waals surface area contributed by atoms with E-state index in [9.17, 15) is 44.9 Å². The van der Waals surface area contributed by atoms with Gasteiger partial charge < -0.3 is 20.9 Å². The highest BCUT2D eigenvalue weighted by Crippen LogP contribution is 2.39. The number of nitrogen functional groups attached to an aromatic ring is 1. The van der Waals surface area contributed by atoms with Crippen molar-refractivity contribution < 1.29 is 39.6 Å². The molecule has 2 amide bonds. The van der Waals surface area contributed by atoms with Gasteiger partial charge in [-0.05, 0) is 152 Å². The van der Waals surface area contributed by atoms with Crippen LogP contribution in [0.4, 0.5) is 35.0 Å². The highest BCUT2D eigenvalue weighted by molar-refractivity contribution is 7.90. The zero-order chi connectivity index (χ0) is 66.2. The van der Waals surface area contributed by atoms with Gasteiger partial charge in [0.1, 0.15) is 17.5 Å². The van der Waals surface area contributed by atoms with Crippen molar-refractivity contribution in [2.24, 2.45) is 24.2 Å². The first-order valence-electron chi connectivity index (χ1n) is 27.4. The molecule has 89 heavy (non-hydrogen) atoms. The van der Waals surface area contributed by atoms with Crippen molar-refractivity contribution in [3.63, 3.8) is 0 Å². The summed E-state index contributed by atoms with van der Waals surface area (Å²) in [7, 11) is 2.80. The van der Waals surface area contributed by atoms with Crippen LogP contribution in [0.2, 0.25) is 0 Å². The molecule has 464 valence electrons. The third kappa shape index (κ3) is 19.1. The van der Waals surface area contributed by atoms with Gasteiger partial charge in [0.25, 0.3) is 20.0 Å². The lowest BCUT2D eigenvalue weighted by molar-refractivity contribution is 0.256. The van der Waals surface area contributed by atoms with Crippen molar-refractivity contribution in [3.05, 3.63) is 184 Å². The van der Waals surface area contributed by atoms with E-state index in [0.29, 0.717) is 85.8 Å². The number of nitrogens with two attached hydrogens (primary N) is 2. The van der Waals surface area contributed by atoms with Crippen LogP contribution in [0.15, 0.2) is 136 Å². The molecule has 8 aromatic rings. The smallest absolute Gasteiger partial charge is 0.333 e. The number of nitrogens with one attached hydrogen (secondary N) is 2. The summed E-state index contributed by atoms with van der Waals surface area (Å²) in [5.41, 5.74) is 15.4. The van der Waals surface area contributed by atoms with Gasteiger partial charge in [-0.2, -0.15) is 39.4 Å². The number of amides is 2. The lowest BCUT2D eigenvalue weighted by atomic mass is 9.93. The van der Waals surface area contributed by atoms with E-state index in [1.165, 1.54) is 64.0 Å². The molecule has 0 radical (unpaired) electrons. The Morgan fingerprint density at radius 3 is 1.40 bits per heavy atom. The van der Waals surface area contributed by atoms with Crippen LogP contribution in [0.3, 0.4) is 0 Å². The molecule has 0 aliphatic heterocycles. The Morgan fingerprint density at radius 2 is 0.989 bits per heavy atom. The predicted molar refractivity (Wildman–Crippen MR) is 336 cm³/mol. The molecule has 2 heterocycles. The van der Waals surface area contributed by atoms with Gasteiger partial charge >= 0.3 is 6.03 Å². The minimum atomic E-state index is -4.28. The summed E-state index contributed by atoms with van der Waals surface area (Å²) in [5.74, 6) is -1.28. The van der Waals surface area contributed by atoms with Crippen molar-refractivity contribution >= 4 is 49.2 Å². The number of isocyanates is 1. The quantitative estimate of drug-likeness (QED) is 0.0421. The SMILES string of the molecule is CC(C)c1cc(F)cc(-c2cccc(C#N)c2)c1N.CC(C)c1cc(F)cc(-c2cccc(C#N)c2)c1N=C=O.CC(C)c1cc(F)cc(-c2cccc(C#N)c2)c1NC(=O)NS(=O)(=O)c1cc(CN(C)C)n(C)n1.CN(C)Cc1cc(S(N)(=O)=O)nn1C. The van der Waals surface area contributed by atoms with Crippen molar-refractivity contribution in [1.82, 2.24) is 34.1 Å². The molecule has 8 rings (SSSR count). The number of primary sulfonamides is 1. The van der Waals surface area contributed by atoms with Gasteiger partial charge in [-0.25, -0.2) is 41.0 Å². The molecule has 0 bridgehead atoms. The number of halogens is 3. The first-order valence-corrected chi connectivity index (χ1v) is 30.4. The number of hydrogen-bond acceptors (Lipinski definition) is 15. The topological polar surface area (TPSA) is 304 Å². The fourth-order valence-corrected chi connectivity index (χ4v) is 10.5. The third-order valence-electron chi connectivity index (χ3n) is 13.2. The molecule has 6 aromatic carbocycles. The fraction of sp³-hybridized carbons (Fsp3) is 0.266. The molecule has 0 saturated heterocycles. The van der Waals surface area contributed by atoms with E-state index >= 15 is 0 Å². The van der Waals surface area contributed by atoms with Crippen LogP contribution in [0, 0.1) is 51.4 Å². The first-order chi connectivity index (χ1) is 41.8. The fourth-order valence-electron chi connectivity index (χ4n) is 9.01. The van der Waals surface area contributed by atoms with Gasteiger partial charge in [-0.3, -0.25) is 9.36 Å². The standard InChI is InChI=1S/C24H27FN6O3S.C17H13FN2O.C16H15FN2.C7H14N4O2S/c1-15(2)20-10-18(25)11-21(17-8-6-7-16(9-17)13-26)23(20)27-24(32)29-35(33,34)22-12-19(14-30(3)4)31(5)28-22;1-11(2)15-7-14(18)8-16(17(15)20-10-21)13-5-3-4-12(6-13)9-19;1-10(2)14-7-13(17)8-15(16(14)19)12-5-3-4-11(6-12)9-18;1-10(2)5-6-4-7(9-11(6)3)14(8,12)13/h6-12,15H,14H2,1-5H3,(H2,27,29,32);3-8,11H,1-2H3;3-8,10H,19H2,1-2H3;4H,5H2,1-3H3,(H2,8,12,13). The molecule has 6 N–H and O–H groups in total. The molecule has 0 spiro atoms. The number of urea groups is 1. The number of rotatable bonds is 15. The predicted octanol–water partition coefficient (Wildman–Crippen LogP) is 11.4.